The van der Waals surface area contributed by atoms with Crippen LogP contribution in [0.1, 0.15) is 45.2 Å². The van der Waals surface area contributed by atoms with Crippen molar-refractivity contribution in [2.24, 2.45) is 27.2 Å². The molecule has 1 aromatic carbocycles. The van der Waals surface area contributed by atoms with E-state index in [1.807, 2.05) is 0 Å². The van der Waals surface area contributed by atoms with E-state index >= 15 is 0 Å². The number of aromatic amines is 1. The zero-order chi connectivity index (χ0) is 17.0. The highest BCUT2D eigenvalue weighted by Crippen LogP contribution is 2.54. The van der Waals surface area contributed by atoms with Crippen LogP contribution in [0.5, 0.6) is 0 Å². The Hall–Kier alpha value is -2.57. The van der Waals surface area contributed by atoms with Gasteiger partial charge in [0.15, 0.2) is 5.96 Å². The fourth-order valence-electron chi connectivity index (χ4n) is 3.97. The molecule has 0 aliphatic heterocycles. The Bertz CT molecular complexity index is 835. The van der Waals surface area contributed by atoms with E-state index in [9.17, 15) is 0 Å². The highest BCUT2D eigenvalue weighted by atomic mass is 15.1. The zero-order valence-corrected chi connectivity index (χ0v) is 13.9. The molecule has 1 aliphatic carbocycles. The molecule has 1 aliphatic rings. The molecule has 0 radical (unpaired) electrons. The Morgan fingerprint density at radius 3 is 2.52 bits per heavy atom. The number of fused-ring (bicyclic) bond motifs is 2. The van der Waals surface area contributed by atoms with E-state index in [0.717, 1.165) is 23.0 Å². The fraction of sp³-hybridized carbons (Fsp3) is 0.438. The third-order valence-corrected chi connectivity index (χ3v) is 4.48. The Morgan fingerprint density at radius 1 is 1.17 bits per heavy atom. The summed E-state index contributed by atoms with van der Waals surface area (Å²) in [6.07, 6.45) is 2.79. The van der Waals surface area contributed by atoms with E-state index in [-0.39, 0.29) is 22.7 Å². The van der Waals surface area contributed by atoms with Crippen molar-refractivity contribution >= 4 is 28.5 Å². The summed E-state index contributed by atoms with van der Waals surface area (Å²) >= 11 is 0. The van der Waals surface area contributed by atoms with E-state index in [2.05, 4.69) is 53.9 Å². The number of nitrogens with one attached hydrogen (secondary N) is 1. The molecule has 1 aromatic heterocycles. The molecule has 23 heavy (non-hydrogen) atoms. The molecule has 0 saturated carbocycles. The summed E-state index contributed by atoms with van der Waals surface area (Å²) < 4.78 is 0. The van der Waals surface area contributed by atoms with E-state index in [4.69, 9.17) is 17.2 Å². The summed E-state index contributed by atoms with van der Waals surface area (Å²) in [5, 5.41) is 8.09. The third-order valence-electron chi connectivity index (χ3n) is 4.48. The second-order valence-electron chi connectivity index (χ2n) is 7.43. The lowest BCUT2D eigenvalue weighted by atomic mass is 9.81. The minimum Gasteiger partial charge on any atom is -0.370 e. The lowest BCUT2D eigenvalue weighted by Crippen LogP contribution is -2.26. The van der Waals surface area contributed by atoms with Gasteiger partial charge in [-0.1, -0.05) is 27.7 Å². The van der Waals surface area contributed by atoms with Gasteiger partial charge in [0.2, 0.25) is 5.96 Å². The van der Waals surface area contributed by atoms with E-state index < -0.39 is 0 Å². The summed E-state index contributed by atoms with van der Waals surface area (Å²) in [5.41, 5.74) is 20.9. The zero-order valence-electron chi connectivity index (χ0n) is 13.9. The molecule has 0 fully saturated rings. The van der Waals surface area contributed by atoms with E-state index in [1.54, 1.807) is 6.20 Å². The van der Waals surface area contributed by atoms with Crippen LogP contribution in [0.4, 0.5) is 5.69 Å². The lowest BCUT2D eigenvalue weighted by Gasteiger charge is -2.23. The third kappa shape index (κ3) is 2.42. The maximum atomic E-state index is 5.89. The van der Waals surface area contributed by atoms with Crippen LogP contribution in [-0.4, -0.2) is 22.1 Å². The number of benzene rings is 1. The van der Waals surface area contributed by atoms with Gasteiger partial charge < -0.3 is 17.2 Å². The van der Waals surface area contributed by atoms with Crippen molar-refractivity contribution < 1.29 is 0 Å². The Labute approximate surface area is 135 Å². The van der Waals surface area contributed by atoms with Gasteiger partial charge in [0.05, 0.1) is 17.4 Å². The van der Waals surface area contributed by atoms with Crippen LogP contribution < -0.4 is 17.2 Å². The van der Waals surface area contributed by atoms with Gasteiger partial charge in [0, 0.05) is 5.39 Å². The lowest BCUT2D eigenvalue weighted by molar-refractivity contribution is 0.403. The second kappa shape index (κ2) is 4.71. The smallest absolute Gasteiger partial charge is 0.223 e. The van der Waals surface area contributed by atoms with E-state index in [1.165, 1.54) is 11.1 Å². The van der Waals surface area contributed by atoms with Crippen molar-refractivity contribution in [2.45, 2.75) is 44.9 Å². The van der Waals surface area contributed by atoms with Crippen molar-refractivity contribution in [3.63, 3.8) is 0 Å². The van der Waals surface area contributed by atoms with Crippen molar-refractivity contribution in [1.82, 2.24) is 10.2 Å². The first-order chi connectivity index (χ1) is 10.6. The topological polar surface area (TPSA) is 131 Å². The Kier molecular flexibility index (Phi) is 3.14. The van der Waals surface area contributed by atoms with Gasteiger partial charge in [-0.2, -0.15) is 10.1 Å². The number of rotatable bonds is 1. The average molecular weight is 313 g/mol. The van der Waals surface area contributed by atoms with Gasteiger partial charge in [-0.15, -0.1) is 0 Å². The van der Waals surface area contributed by atoms with Crippen LogP contribution in [0.15, 0.2) is 22.2 Å². The predicted molar refractivity (Wildman–Crippen MR) is 93.9 cm³/mol. The molecule has 7 nitrogen and oxygen atoms in total. The van der Waals surface area contributed by atoms with Crippen LogP contribution >= 0.6 is 0 Å². The molecule has 0 atom stereocenters. The number of guanidine groups is 2. The molecule has 3 rings (SSSR count). The van der Waals surface area contributed by atoms with Crippen molar-refractivity contribution in [1.29, 1.82) is 0 Å². The summed E-state index contributed by atoms with van der Waals surface area (Å²) in [7, 11) is 0. The second-order valence-corrected chi connectivity index (χ2v) is 7.43. The summed E-state index contributed by atoms with van der Waals surface area (Å²) in [6, 6.07) is 2.17. The quantitative estimate of drug-likeness (QED) is 0.471. The minimum absolute atomic E-state index is 0.0264. The molecule has 1 heterocycles. The summed E-state index contributed by atoms with van der Waals surface area (Å²) in [4.78, 5) is 8.36. The molecular weight excluding hydrogens is 290 g/mol. The van der Waals surface area contributed by atoms with Crippen LogP contribution in [0.3, 0.4) is 0 Å². The molecule has 2 aromatic rings. The molecular formula is C16H23N7. The molecule has 0 spiro atoms. The number of aliphatic imine (C=N–C) groups is 2. The molecule has 0 unspecified atom stereocenters. The SMILES string of the molecule is CC1(C)CC(C)(C)c2c1cc1[nH]ncc1c2N=C(N)N=C(N)N. The normalized spacial score (nSPS) is 18.9. The number of aromatic nitrogens is 2. The van der Waals surface area contributed by atoms with Gasteiger partial charge in [-0.3, -0.25) is 5.10 Å². The minimum atomic E-state index is -0.109. The van der Waals surface area contributed by atoms with Crippen LogP contribution in [0.25, 0.3) is 10.9 Å². The van der Waals surface area contributed by atoms with Crippen molar-refractivity contribution in [2.75, 3.05) is 0 Å². The van der Waals surface area contributed by atoms with Crippen LogP contribution in [-0.2, 0) is 10.8 Å². The molecule has 0 amide bonds. The monoisotopic (exact) mass is 313 g/mol. The number of hydrogen-bond donors (Lipinski definition) is 4. The van der Waals surface area contributed by atoms with Gasteiger partial charge >= 0.3 is 0 Å². The highest BCUT2D eigenvalue weighted by Gasteiger charge is 2.44. The standard InChI is InChI=1S/C16H23N7/c1-15(2)7-16(3,4)11-9(15)5-10-8(6-20-23-10)12(11)21-14(19)22-13(17)18/h5-6H,7H2,1-4H3,(H,20,23)(H6,17,18,19,21,22). The molecule has 0 bridgehead atoms. The largest absolute Gasteiger partial charge is 0.370 e. The number of nitrogens with two attached hydrogens (primary N) is 3. The number of H-pyrrole nitrogens is 1. The Balaban J connectivity index is 2.37. The average Bonchev–Trinajstić information content (AvgIpc) is 2.89. The van der Waals surface area contributed by atoms with Gasteiger partial charge in [0.1, 0.15) is 0 Å². The summed E-state index contributed by atoms with van der Waals surface area (Å²) in [5.74, 6) is -0.0664. The van der Waals surface area contributed by atoms with Gasteiger partial charge in [-0.05, 0) is 34.4 Å². The molecule has 122 valence electrons. The van der Waals surface area contributed by atoms with Crippen LogP contribution in [0.2, 0.25) is 0 Å². The maximum absolute atomic E-state index is 5.89. The van der Waals surface area contributed by atoms with Crippen molar-refractivity contribution in [3.8, 4) is 0 Å². The molecule has 7 N–H and O–H groups in total. The van der Waals surface area contributed by atoms with E-state index in [0.29, 0.717) is 0 Å². The van der Waals surface area contributed by atoms with Crippen molar-refractivity contribution in [3.05, 3.63) is 23.4 Å². The van der Waals surface area contributed by atoms with Gasteiger partial charge in [-0.25, -0.2) is 4.99 Å². The first kappa shape index (κ1) is 15.3. The number of hydrogen-bond acceptors (Lipinski definition) is 2. The van der Waals surface area contributed by atoms with Gasteiger partial charge in [0.25, 0.3) is 0 Å². The maximum Gasteiger partial charge on any atom is 0.223 e. The number of nitrogens with zero attached hydrogens (tertiary/aromatic N) is 3. The summed E-state index contributed by atoms with van der Waals surface area (Å²) in [6.45, 7) is 8.94. The molecule has 7 heteroatoms. The fourth-order valence-corrected chi connectivity index (χ4v) is 3.97. The molecule has 0 saturated heterocycles. The first-order valence-electron chi connectivity index (χ1n) is 7.57. The predicted octanol–water partition coefficient (Wildman–Crippen LogP) is 1.74. The van der Waals surface area contributed by atoms with Crippen LogP contribution in [0, 0.1) is 0 Å². The highest BCUT2D eigenvalue weighted by molar-refractivity contribution is 5.99. The first-order valence-corrected chi connectivity index (χ1v) is 7.57. The Morgan fingerprint density at radius 2 is 1.87 bits per heavy atom.